The molecule has 0 heterocycles. The summed E-state index contributed by atoms with van der Waals surface area (Å²) in [5, 5.41) is 15.4. The minimum absolute atomic E-state index is 0.138. The molecule has 126 valence electrons. The van der Waals surface area contributed by atoms with Crippen LogP contribution in [-0.4, -0.2) is 16.6 Å². The zero-order valence-electron chi connectivity index (χ0n) is 12.9. The lowest BCUT2D eigenvalue weighted by Crippen LogP contribution is -2.14. The highest BCUT2D eigenvalue weighted by atomic mass is 32.2. The van der Waals surface area contributed by atoms with Gasteiger partial charge < -0.3 is 5.32 Å². The number of rotatable bonds is 5. The number of anilines is 1. The second kappa shape index (κ2) is 7.31. The monoisotopic (exact) mass is 356 g/mol. The van der Waals surface area contributed by atoms with Crippen LogP contribution in [0.5, 0.6) is 0 Å². The number of nitrogens with one attached hydrogen (secondary N) is 1. The van der Waals surface area contributed by atoms with Gasteiger partial charge in [-0.3, -0.25) is 14.9 Å². The van der Waals surface area contributed by atoms with Gasteiger partial charge in [0.1, 0.15) is 0 Å². The quantitative estimate of drug-likeness (QED) is 0.411. The number of carbonyl (C=O) groups excluding carboxylic acids is 1. The van der Waals surface area contributed by atoms with Crippen molar-refractivity contribution < 1.29 is 14.1 Å². The Balaban J connectivity index is 1.69. The Kier molecular flexibility index (Phi) is 4.95. The van der Waals surface area contributed by atoms with E-state index < -0.39 is 16.4 Å². The molecule has 5 nitrogen and oxygen atoms in total. The summed E-state index contributed by atoms with van der Waals surface area (Å²) in [6.45, 7) is 0. The minimum Gasteiger partial charge on any atom is -0.325 e. The normalized spacial score (nSPS) is 10.6. The van der Waals surface area contributed by atoms with E-state index in [-0.39, 0.29) is 17.3 Å². The van der Waals surface area contributed by atoms with Gasteiger partial charge in [-0.25, -0.2) is 0 Å². The molecule has 0 atom stereocenters. The van der Waals surface area contributed by atoms with Crippen LogP contribution in [0.15, 0.2) is 65.6 Å². The molecule has 0 aliphatic heterocycles. The van der Waals surface area contributed by atoms with Crippen LogP contribution in [0.2, 0.25) is 0 Å². The van der Waals surface area contributed by atoms with Crippen LogP contribution in [0, 0.1) is 15.9 Å². The lowest BCUT2D eigenvalue weighted by atomic mass is 10.1. The Morgan fingerprint density at radius 1 is 1.12 bits per heavy atom. The summed E-state index contributed by atoms with van der Waals surface area (Å²) in [5.41, 5.74) is -0.476. The Morgan fingerprint density at radius 2 is 1.88 bits per heavy atom. The molecule has 0 saturated carbocycles. The molecule has 0 aliphatic rings. The van der Waals surface area contributed by atoms with Crippen LogP contribution in [-0.2, 0) is 4.79 Å². The van der Waals surface area contributed by atoms with Gasteiger partial charge in [0.2, 0.25) is 11.7 Å². The number of hydrogen-bond donors (Lipinski definition) is 1. The number of fused-ring (bicyclic) bond motifs is 1. The van der Waals surface area contributed by atoms with E-state index in [4.69, 9.17) is 0 Å². The lowest BCUT2D eigenvalue weighted by Gasteiger charge is -2.07. The van der Waals surface area contributed by atoms with Gasteiger partial charge in [0.25, 0.3) is 0 Å². The summed E-state index contributed by atoms with van der Waals surface area (Å²) in [5.74, 6) is -1.12. The topological polar surface area (TPSA) is 72.2 Å². The van der Waals surface area contributed by atoms with Crippen molar-refractivity contribution in [3.8, 4) is 0 Å². The van der Waals surface area contributed by atoms with E-state index in [0.29, 0.717) is 0 Å². The van der Waals surface area contributed by atoms with Crippen LogP contribution >= 0.6 is 11.8 Å². The molecule has 0 aromatic heterocycles. The number of halogens is 1. The van der Waals surface area contributed by atoms with Crippen molar-refractivity contribution in [1.82, 2.24) is 0 Å². The summed E-state index contributed by atoms with van der Waals surface area (Å²) >= 11 is 1.37. The molecule has 1 N–H and O–H groups in total. The van der Waals surface area contributed by atoms with Gasteiger partial charge >= 0.3 is 5.69 Å². The molecule has 3 aromatic carbocycles. The van der Waals surface area contributed by atoms with E-state index in [2.05, 4.69) is 5.32 Å². The Hall–Kier alpha value is -2.93. The van der Waals surface area contributed by atoms with E-state index in [9.17, 15) is 19.3 Å². The molecule has 3 aromatic rings. The number of hydrogen-bond acceptors (Lipinski definition) is 4. The predicted molar refractivity (Wildman–Crippen MR) is 96.4 cm³/mol. The van der Waals surface area contributed by atoms with E-state index >= 15 is 0 Å². The number of benzene rings is 3. The highest BCUT2D eigenvalue weighted by molar-refractivity contribution is 8.00. The smallest absolute Gasteiger partial charge is 0.306 e. The van der Waals surface area contributed by atoms with Crippen LogP contribution in [0.4, 0.5) is 15.8 Å². The molecule has 3 rings (SSSR count). The number of carbonyl (C=O) groups is 1. The van der Waals surface area contributed by atoms with E-state index in [0.717, 1.165) is 27.8 Å². The van der Waals surface area contributed by atoms with Crippen LogP contribution in [0.3, 0.4) is 0 Å². The van der Waals surface area contributed by atoms with E-state index in [1.807, 2.05) is 42.5 Å². The summed E-state index contributed by atoms with van der Waals surface area (Å²) in [6.07, 6.45) is 0. The molecule has 0 saturated heterocycles. The van der Waals surface area contributed by atoms with Gasteiger partial charge in [-0.15, -0.1) is 11.8 Å². The largest absolute Gasteiger partial charge is 0.325 e. The maximum absolute atomic E-state index is 13.3. The number of thioether (sulfide) groups is 1. The summed E-state index contributed by atoms with van der Waals surface area (Å²) < 4.78 is 13.3. The molecule has 1 amide bonds. The highest BCUT2D eigenvalue weighted by Crippen LogP contribution is 2.28. The molecule has 0 bridgehead atoms. The number of amides is 1. The highest BCUT2D eigenvalue weighted by Gasteiger charge is 2.15. The first-order valence-corrected chi connectivity index (χ1v) is 8.37. The predicted octanol–water partition coefficient (Wildman–Crippen LogP) is 4.62. The first-order valence-electron chi connectivity index (χ1n) is 7.39. The molecule has 0 fully saturated rings. The third kappa shape index (κ3) is 3.95. The second-order valence-corrected chi connectivity index (χ2v) is 6.25. The van der Waals surface area contributed by atoms with Gasteiger partial charge in [-0.2, -0.15) is 4.39 Å². The number of nitro groups is 1. The van der Waals surface area contributed by atoms with Crippen molar-refractivity contribution in [2.45, 2.75) is 4.90 Å². The van der Waals surface area contributed by atoms with E-state index in [1.54, 1.807) is 0 Å². The average molecular weight is 356 g/mol. The van der Waals surface area contributed by atoms with Crippen molar-refractivity contribution in [3.63, 3.8) is 0 Å². The van der Waals surface area contributed by atoms with Crippen molar-refractivity contribution in [2.75, 3.05) is 11.1 Å². The third-order valence-electron chi connectivity index (χ3n) is 3.53. The molecule has 0 spiro atoms. The summed E-state index contributed by atoms with van der Waals surface area (Å²) in [6, 6.07) is 17.0. The zero-order valence-corrected chi connectivity index (χ0v) is 13.8. The van der Waals surface area contributed by atoms with Crippen molar-refractivity contribution in [1.29, 1.82) is 0 Å². The SMILES string of the molecule is O=C(CSc1cccc2ccccc12)Nc1ccc(F)c([N+](=O)[O-])c1. The maximum Gasteiger partial charge on any atom is 0.306 e. The fourth-order valence-corrected chi connectivity index (χ4v) is 3.27. The van der Waals surface area contributed by atoms with Gasteiger partial charge in [0.05, 0.1) is 10.7 Å². The lowest BCUT2D eigenvalue weighted by molar-refractivity contribution is -0.387. The average Bonchev–Trinajstić information content (AvgIpc) is 2.61. The molecular weight excluding hydrogens is 343 g/mol. The summed E-state index contributed by atoms with van der Waals surface area (Å²) in [7, 11) is 0. The molecule has 25 heavy (non-hydrogen) atoms. The van der Waals surface area contributed by atoms with Crippen LogP contribution in [0.1, 0.15) is 0 Å². The van der Waals surface area contributed by atoms with Gasteiger partial charge in [0, 0.05) is 16.6 Å². The minimum atomic E-state index is -0.937. The van der Waals surface area contributed by atoms with Crippen molar-refractivity contribution in [2.24, 2.45) is 0 Å². The van der Waals surface area contributed by atoms with Crippen molar-refractivity contribution >= 4 is 39.8 Å². The summed E-state index contributed by atoms with van der Waals surface area (Å²) in [4.78, 5) is 23.0. The third-order valence-corrected chi connectivity index (χ3v) is 4.61. The van der Waals surface area contributed by atoms with Crippen LogP contribution in [0.25, 0.3) is 10.8 Å². The van der Waals surface area contributed by atoms with Gasteiger partial charge in [-0.1, -0.05) is 36.4 Å². The molecule has 0 radical (unpaired) electrons. The Labute approximate surface area is 147 Å². The zero-order chi connectivity index (χ0) is 17.8. The first-order chi connectivity index (χ1) is 12.0. The van der Waals surface area contributed by atoms with Gasteiger partial charge in [-0.05, 0) is 29.0 Å². The van der Waals surface area contributed by atoms with Crippen LogP contribution < -0.4 is 5.32 Å². The first kappa shape index (κ1) is 16.9. The second-order valence-electron chi connectivity index (χ2n) is 5.24. The number of nitrogens with zero attached hydrogens (tertiary/aromatic N) is 1. The fraction of sp³-hybridized carbons (Fsp3) is 0.0556. The van der Waals surface area contributed by atoms with Crippen molar-refractivity contribution in [3.05, 3.63) is 76.6 Å². The fourth-order valence-electron chi connectivity index (χ4n) is 2.39. The number of nitro benzene ring substituents is 1. The molecular formula is C18H13FN2O3S. The van der Waals surface area contributed by atoms with E-state index in [1.165, 1.54) is 17.8 Å². The molecule has 0 unspecified atom stereocenters. The maximum atomic E-state index is 13.3. The van der Waals surface area contributed by atoms with Gasteiger partial charge in [0.15, 0.2) is 0 Å². The Bertz CT molecular complexity index is 957. The Morgan fingerprint density at radius 3 is 2.68 bits per heavy atom. The molecule has 0 aliphatic carbocycles. The standard InChI is InChI=1S/C18H13FN2O3S/c19-15-9-8-13(10-16(15)21(23)24)20-18(22)11-25-17-7-3-5-12-4-1-2-6-14(12)17/h1-10H,11H2,(H,20,22). The molecule has 7 heteroatoms.